The number of nitro benzene ring substituents is 1. The number of nitrogens with zero attached hydrogens (tertiary/aromatic N) is 1. The Kier molecular flexibility index (Phi) is 6.46. The number of carbonyl (C=O) groups excluding carboxylic acids is 1. The van der Waals surface area contributed by atoms with Gasteiger partial charge in [0.15, 0.2) is 5.11 Å². The van der Waals surface area contributed by atoms with Gasteiger partial charge in [-0.1, -0.05) is 37.3 Å². The Bertz CT molecular complexity index is 872. The van der Waals surface area contributed by atoms with Gasteiger partial charge in [-0.2, -0.15) is 0 Å². The van der Waals surface area contributed by atoms with Crippen LogP contribution in [0.4, 0.5) is 17.1 Å². The van der Waals surface area contributed by atoms with Crippen LogP contribution in [-0.4, -0.2) is 21.5 Å². The van der Waals surface area contributed by atoms with Crippen molar-refractivity contribution in [2.75, 3.05) is 10.6 Å². The number of carbonyl (C=O) groups is 1. The maximum atomic E-state index is 12.8. The average Bonchev–Trinajstić information content (AvgIpc) is 2.63. The Balaban J connectivity index is 2.12. The average molecular weight is 386 g/mol. The normalized spacial score (nSPS) is 12.6. The number of benzene rings is 2. The Labute approximate surface area is 163 Å². The van der Waals surface area contributed by atoms with E-state index in [0.29, 0.717) is 6.42 Å². The Hall–Kier alpha value is -3.00. The predicted molar refractivity (Wildman–Crippen MR) is 111 cm³/mol. The first-order valence-corrected chi connectivity index (χ1v) is 8.87. The van der Waals surface area contributed by atoms with Crippen molar-refractivity contribution in [3.05, 3.63) is 64.2 Å². The second kappa shape index (κ2) is 8.59. The summed E-state index contributed by atoms with van der Waals surface area (Å²) in [6, 6.07) is 13.7. The van der Waals surface area contributed by atoms with E-state index in [1.165, 1.54) is 6.07 Å². The fraction of sp³-hybridized carbons (Fsp3) is 0.263. The van der Waals surface area contributed by atoms with Crippen molar-refractivity contribution in [2.24, 2.45) is 0 Å². The van der Waals surface area contributed by atoms with Crippen LogP contribution in [0.25, 0.3) is 0 Å². The molecule has 0 saturated heterocycles. The van der Waals surface area contributed by atoms with Gasteiger partial charge in [0.25, 0.3) is 5.69 Å². The molecule has 0 spiro atoms. The number of rotatable bonds is 6. The highest BCUT2D eigenvalue weighted by atomic mass is 32.1. The lowest BCUT2D eigenvalue weighted by Gasteiger charge is -2.30. The molecule has 0 aliphatic carbocycles. The number of hydrogen-bond acceptors (Lipinski definition) is 4. The number of anilines is 2. The highest BCUT2D eigenvalue weighted by molar-refractivity contribution is 7.80. The summed E-state index contributed by atoms with van der Waals surface area (Å²) in [7, 11) is 0. The van der Waals surface area contributed by atoms with E-state index in [-0.39, 0.29) is 22.4 Å². The van der Waals surface area contributed by atoms with Crippen LogP contribution >= 0.6 is 12.2 Å². The molecule has 8 heteroatoms. The maximum absolute atomic E-state index is 12.8. The van der Waals surface area contributed by atoms with E-state index in [0.717, 1.165) is 11.3 Å². The van der Waals surface area contributed by atoms with Crippen LogP contribution in [0.3, 0.4) is 0 Å². The third kappa shape index (κ3) is 5.01. The van der Waals surface area contributed by atoms with Gasteiger partial charge in [0, 0.05) is 11.8 Å². The van der Waals surface area contributed by atoms with Crippen LogP contribution in [-0.2, 0) is 4.79 Å². The van der Waals surface area contributed by atoms with E-state index in [2.05, 4.69) is 16.0 Å². The van der Waals surface area contributed by atoms with Gasteiger partial charge in [0.1, 0.15) is 11.2 Å². The van der Waals surface area contributed by atoms with Crippen LogP contribution in [0.2, 0.25) is 0 Å². The third-order valence-electron chi connectivity index (χ3n) is 4.34. The fourth-order valence-corrected chi connectivity index (χ4v) is 2.76. The molecular formula is C19H22N4O3S. The predicted octanol–water partition coefficient (Wildman–Crippen LogP) is 4.00. The van der Waals surface area contributed by atoms with Crippen LogP contribution < -0.4 is 16.0 Å². The van der Waals surface area contributed by atoms with E-state index in [9.17, 15) is 14.9 Å². The van der Waals surface area contributed by atoms with Crippen molar-refractivity contribution in [3.8, 4) is 0 Å². The molecule has 0 heterocycles. The SMILES string of the molecule is CCC(C)(NC(=S)Nc1ccccc1[N+](=O)[O-])C(=O)Nc1ccccc1C. The molecule has 0 aliphatic rings. The smallest absolute Gasteiger partial charge is 0.292 e. The molecule has 0 aromatic heterocycles. The molecule has 0 bridgehead atoms. The Morgan fingerprint density at radius 1 is 1.11 bits per heavy atom. The molecule has 27 heavy (non-hydrogen) atoms. The second-order valence-electron chi connectivity index (χ2n) is 6.31. The first-order chi connectivity index (χ1) is 12.8. The van der Waals surface area contributed by atoms with E-state index in [1.54, 1.807) is 25.1 Å². The number of nitro groups is 1. The molecule has 0 fully saturated rings. The zero-order valence-corrected chi connectivity index (χ0v) is 16.2. The lowest BCUT2D eigenvalue weighted by atomic mass is 9.97. The summed E-state index contributed by atoms with van der Waals surface area (Å²) in [4.78, 5) is 23.4. The molecule has 2 aromatic carbocycles. The first-order valence-electron chi connectivity index (χ1n) is 8.46. The Morgan fingerprint density at radius 2 is 1.70 bits per heavy atom. The molecule has 1 atom stereocenters. The summed E-state index contributed by atoms with van der Waals surface area (Å²) in [6.07, 6.45) is 0.462. The molecule has 3 N–H and O–H groups in total. The first kappa shape index (κ1) is 20.3. The number of aryl methyl sites for hydroxylation is 1. The van der Waals surface area contributed by atoms with Crippen molar-refractivity contribution >= 4 is 40.3 Å². The van der Waals surface area contributed by atoms with Gasteiger partial charge in [0.05, 0.1) is 4.92 Å². The van der Waals surface area contributed by atoms with Crippen LogP contribution in [0, 0.1) is 17.0 Å². The molecule has 0 saturated carbocycles. The zero-order chi connectivity index (χ0) is 20.0. The van der Waals surface area contributed by atoms with Gasteiger partial charge in [-0.15, -0.1) is 0 Å². The second-order valence-corrected chi connectivity index (χ2v) is 6.72. The topological polar surface area (TPSA) is 96.3 Å². The van der Waals surface area contributed by atoms with Gasteiger partial charge >= 0.3 is 0 Å². The lowest BCUT2D eigenvalue weighted by Crippen LogP contribution is -2.55. The summed E-state index contributed by atoms with van der Waals surface area (Å²) < 4.78 is 0. The molecule has 0 aliphatic heterocycles. The number of nitrogens with one attached hydrogen (secondary N) is 3. The molecule has 2 rings (SSSR count). The third-order valence-corrected chi connectivity index (χ3v) is 4.54. The van der Waals surface area contributed by atoms with Gasteiger partial charge < -0.3 is 16.0 Å². The molecule has 0 radical (unpaired) electrons. The van der Waals surface area contributed by atoms with Crippen LogP contribution in [0.15, 0.2) is 48.5 Å². The molecule has 1 unspecified atom stereocenters. The van der Waals surface area contributed by atoms with E-state index < -0.39 is 10.5 Å². The molecule has 7 nitrogen and oxygen atoms in total. The summed E-state index contributed by atoms with van der Waals surface area (Å²) in [6.45, 7) is 5.50. The lowest BCUT2D eigenvalue weighted by molar-refractivity contribution is -0.383. The van der Waals surface area contributed by atoms with Crippen molar-refractivity contribution in [1.82, 2.24) is 5.32 Å². The number of thiocarbonyl (C=S) groups is 1. The van der Waals surface area contributed by atoms with Crippen molar-refractivity contribution in [2.45, 2.75) is 32.7 Å². The summed E-state index contributed by atoms with van der Waals surface area (Å²) in [5.41, 5.74) is 0.851. The molecule has 142 valence electrons. The van der Waals surface area contributed by atoms with Crippen molar-refractivity contribution < 1.29 is 9.72 Å². The minimum Gasteiger partial charge on any atom is -0.348 e. The number of amides is 1. The van der Waals surface area contributed by atoms with Crippen molar-refractivity contribution in [3.63, 3.8) is 0 Å². The van der Waals surface area contributed by atoms with Gasteiger partial charge in [-0.05, 0) is 50.2 Å². The molecular weight excluding hydrogens is 364 g/mol. The van der Waals surface area contributed by atoms with Crippen LogP contribution in [0.1, 0.15) is 25.8 Å². The van der Waals surface area contributed by atoms with E-state index in [4.69, 9.17) is 12.2 Å². The highest BCUT2D eigenvalue weighted by Crippen LogP contribution is 2.24. The van der Waals surface area contributed by atoms with Gasteiger partial charge in [-0.25, -0.2) is 0 Å². The van der Waals surface area contributed by atoms with Gasteiger partial charge in [0.2, 0.25) is 5.91 Å². The number of para-hydroxylation sites is 3. The standard InChI is InChI=1S/C19H22N4O3S/c1-4-19(3,17(24)20-14-10-6-5-9-13(14)2)22-18(27)21-15-11-7-8-12-16(15)23(25)26/h5-12H,4H2,1-3H3,(H,20,24)(H2,21,22,27). The molecule has 1 amide bonds. The fourth-order valence-electron chi connectivity index (χ4n) is 2.42. The van der Waals surface area contributed by atoms with E-state index >= 15 is 0 Å². The van der Waals surface area contributed by atoms with Crippen LogP contribution in [0.5, 0.6) is 0 Å². The van der Waals surface area contributed by atoms with Crippen molar-refractivity contribution in [1.29, 1.82) is 0 Å². The Morgan fingerprint density at radius 3 is 2.30 bits per heavy atom. The summed E-state index contributed by atoms with van der Waals surface area (Å²) >= 11 is 5.28. The maximum Gasteiger partial charge on any atom is 0.292 e. The summed E-state index contributed by atoms with van der Waals surface area (Å²) in [5.74, 6) is -0.244. The molecule has 2 aromatic rings. The summed E-state index contributed by atoms with van der Waals surface area (Å²) in [5, 5.41) is 20.0. The minimum absolute atomic E-state index is 0.0933. The number of hydrogen-bond donors (Lipinski definition) is 3. The largest absolute Gasteiger partial charge is 0.348 e. The van der Waals surface area contributed by atoms with Gasteiger partial charge in [-0.3, -0.25) is 14.9 Å². The quantitative estimate of drug-likeness (QED) is 0.394. The zero-order valence-electron chi connectivity index (χ0n) is 15.4. The monoisotopic (exact) mass is 386 g/mol. The van der Waals surface area contributed by atoms with E-state index in [1.807, 2.05) is 38.1 Å². The minimum atomic E-state index is -0.990. The highest BCUT2D eigenvalue weighted by Gasteiger charge is 2.32.